The van der Waals surface area contributed by atoms with E-state index in [2.05, 4.69) is 117 Å². The van der Waals surface area contributed by atoms with Gasteiger partial charge in [-0.25, -0.2) is 4.98 Å². The Bertz CT molecular complexity index is 2170. The van der Waals surface area contributed by atoms with Crippen LogP contribution in [0.15, 0.2) is 110 Å². The Kier molecular flexibility index (Phi) is 4.35. The van der Waals surface area contributed by atoms with Crippen LogP contribution in [0.25, 0.3) is 64.9 Å². The molecule has 186 valence electrons. The third-order valence-corrected chi connectivity index (χ3v) is 9.51. The number of aromatic nitrogens is 4. The minimum absolute atomic E-state index is 1.02. The summed E-state index contributed by atoms with van der Waals surface area (Å²) in [6.45, 7) is 1.02. The van der Waals surface area contributed by atoms with E-state index in [1.54, 1.807) is 0 Å². The van der Waals surface area contributed by atoms with Gasteiger partial charge in [0.25, 0.3) is 0 Å². The van der Waals surface area contributed by atoms with Crippen molar-refractivity contribution < 1.29 is 0 Å². The van der Waals surface area contributed by atoms with Gasteiger partial charge in [-0.3, -0.25) is 0 Å². The molecule has 0 unspecified atom stereocenters. The van der Waals surface area contributed by atoms with Gasteiger partial charge in [0.1, 0.15) is 0 Å². The van der Waals surface area contributed by atoms with E-state index in [0.717, 1.165) is 25.2 Å². The van der Waals surface area contributed by atoms with Gasteiger partial charge in [-0.05, 0) is 60.9 Å². The number of benzene rings is 4. The fourth-order valence-corrected chi connectivity index (χ4v) is 7.75. The average Bonchev–Trinajstić information content (AvgIpc) is 3.74. The second kappa shape index (κ2) is 7.95. The van der Waals surface area contributed by atoms with Crippen LogP contribution in [-0.4, -0.2) is 18.7 Å². The van der Waals surface area contributed by atoms with Crippen molar-refractivity contribution in [1.29, 1.82) is 0 Å². The van der Waals surface area contributed by atoms with E-state index in [0.29, 0.717) is 0 Å². The molecule has 0 radical (unpaired) electrons. The number of rotatable bonds is 2. The van der Waals surface area contributed by atoms with E-state index in [4.69, 9.17) is 4.98 Å². The maximum absolute atomic E-state index is 4.75. The summed E-state index contributed by atoms with van der Waals surface area (Å²) in [5.41, 5.74) is 7.52. The van der Waals surface area contributed by atoms with Crippen LogP contribution in [0.5, 0.6) is 0 Å². The summed E-state index contributed by atoms with van der Waals surface area (Å²) in [5, 5.41) is 5.19. The van der Waals surface area contributed by atoms with Crippen LogP contribution in [0.2, 0.25) is 0 Å². The first-order chi connectivity index (χ1) is 19.3. The van der Waals surface area contributed by atoms with Gasteiger partial charge in [-0.1, -0.05) is 48.5 Å². The van der Waals surface area contributed by atoms with E-state index in [-0.39, 0.29) is 0 Å². The van der Waals surface area contributed by atoms with Crippen molar-refractivity contribution in [3.05, 3.63) is 115 Å². The highest BCUT2D eigenvalue weighted by Crippen LogP contribution is 2.42. The molecule has 0 aliphatic carbocycles. The number of thiophene rings is 1. The number of para-hydroxylation sites is 2. The van der Waals surface area contributed by atoms with Gasteiger partial charge in [0.2, 0.25) is 0 Å². The molecule has 8 aromatic rings. The zero-order valence-corrected chi connectivity index (χ0v) is 22.0. The Labute approximate surface area is 229 Å². The van der Waals surface area contributed by atoms with E-state index < -0.39 is 0 Å². The Balaban J connectivity index is 1.29. The first kappa shape index (κ1) is 21.3. The first-order valence-corrected chi connectivity index (χ1v) is 14.3. The predicted octanol–water partition coefficient (Wildman–Crippen LogP) is 8.75. The molecule has 1 aliphatic heterocycles. The molecule has 39 heavy (non-hydrogen) atoms. The molecule has 0 bridgehead atoms. The molecule has 0 saturated carbocycles. The minimum Gasteiger partial charge on any atom is -0.330 e. The van der Waals surface area contributed by atoms with E-state index in [9.17, 15) is 0 Å². The SMILES string of the molecule is c1cc(-n2c3ccccc3c3ccccc32)c2sc3ccc(-n4ccc5c4-c4nccn4CCC5)cc3c2c1. The molecule has 4 nitrogen and oxygen atoms in total. The number of aryl methyl sites for hydroxylation is 2. The lowest BCUT2D eigenvalue weighted by molar-refractivity contribution is 0.661. The molecule has 1 aliphatic rings. The highest BCUT2D eigenvalue weighted by Gasteiger charge is 2.21. The molecule has 5 heterocycles. The number of fused-ring (bicyclic) bond motifs is 9. The van der Waals surface area contributed by atoms with Gasteiger partial charge in [0.15, 0.2) is 5.82 Å². The van der Waals surface area contributed by atoms with Gasteiger partial charge >= 0.3 is 0 Å². The molecule has 9 rings (SSSR count). The smallest absolute Gasteiger partial charge is 0.157 e. The predicted molar refractivity (Wildman–Crippen MR) is 163 cm³/mol. The summed E-state index contributed by atoms with van der Waals surface area (Å²) in [5.74, 6) is 1.07. The molecular formula is C34H24N4S. The molecule has 0 N–H and O–H groups in total. The summed E-state index contributed by atoms with van der Waals surface area (Å²) in [4.78, 5) is 4.75. The Morgan fingerprint density at radius 1 is 0.718 bits per heavy atom. The van der Waals surface area contributed by atoms with Crippen molar-refractivity contribution in [3.8, 4) is 22.9 Å². The lowest BCUT2D eigenvalue weighted by Gasteiger charge is -2.11. The molecular weight excluding hydrogens is 496 g/mol. The molecule has 0 fully saturated rings. The van der Waals surface area contributed by atoms with Crippen LogP contribution in [0.4, 0.5) is 0 Å². The maximum Gasteiger partial charge on any atom is 0.157 e. The van der Waals surface area contributed by atoms with Crippen molar-refractivity contribution in [1.82, 2.24) is 18.7 Å². The number of hydrogen-bond donors (Lipinski definition) is 0. The zero-order valence-electron chi connectivity index (χ0n) is 21.2. The topological polar surface area (TPSA) is 27.7 Å². The van der Waals surface area contributed by atoms with Gasteiger partial charge < -0.3 is 13.7 Å². The summed E-state index contributed by atoms with van der Waals surface area (Å²) >= 11 is 1.89. The maximum atomic E-state index is 4.75. The van der Waals surface area contributed by atoms with Crippen molar-refractivity contribution in [2.24, 2.45) is 0 Å². The van der Waals surface area contributed by atoms with Crippen LogP contribution in [0, 0.1) is 0 Å². The van der Waals surface area contributed by atoms with Gasteiger partial charge in [-0.15, -0.1) is 11.3 Å². The average molecular weight is 521 g/mol. The molecule has 4 aromatic heterocycles. The quantitative estimate of drug-likeness (QED) is 0.224. The lowest BCUT2D eigenvalue weighted by Crippen LogP contribution is -2.01. The first-order valence-electron chi connectivity index (χ1n) is 13.5. The van der Waals surface area contributed by atoms with Crippen molar-refractivity contribution in [2.45, 2.75) is 19.4 Å². The van der Waals surface area contributed by atoms with Crippen LogP contribution >= 0.6 is 11.3 Å². The largest absolute Gasteiger partial charge is 0.330 e. The van der Waals surface area contributed by atoms with E-state index >= 15 is 0 Å². The number of hydrogen-bond acceptors (Lipinski definition) is 2. The highest BCUT2D eigenvalue weighted by atomic mass is 32.1. The van der Waals surface area contributed by atoms with Gasteiger partial charge in [0.05, 0.1) is 27.1 Å². The van der Waals surface area contributed by atoms with Crippen molar-refractivity contribution >= 4 is 53.3 Å². The third kappa shape index (κ3) is 2.96. The Morgan fingerprint density at radius 2 is 1.51 bits per heavy atom. The molecule has 5 heteroatoms. The zero-order chi connectivity index (χ0) is 25.5. The molecule has 0 saturated heterocycles. The van der Waals surface area contributed by atoms with Gasteiger partial charge in [-0.2, -0.15) is 0 Å². The second-order valence-electron chi connectivity index (χ2n) is 10.4. The van der Waals surface area contributed by atoms with E-state index in [1.165, 1.54) is 64.6 Å². The standard InChI is InChI=1S/C34H24N4S/c1-3-11-28-24(8-1)25-9-2-4-12-29(25)38(28)30-13-5-10-26-27-21-23(14-15-31(27)39-33(26)30)37-19-16-22-7-6-18-36-20-17-35-34(36)32(22)37/h1-5,8-17,19-21H,6-7,18H2. The van der Waals surface area contributed by atoms with E-state index in [1.807, 2.05) is 17.5 Å². The summed E-state index contributed by atoms with van der Waals surface area (Å²) < 4.78 is 9.69. The summed E-state index contributed by atoms with van der Waals surface area (Å²) in [6.07, 6.45) is 8.47. The fraction of sp³-hybridized carbons (Fsp3) is 0.0882. The normalized spacial score (nSPS) is 13.3. The number of imidazole rings is 1. The van der Waals surface area contributed by atoms with Crippen LogP contribution in [0.3, 0.4) is 0 Å². The van der Waals surface area contributed by atoms with Crippen LogP contribution in [0.1, 0.15) is 12.0 Å². The van der Waals surface area contributed by atoms with Gasteiger partial charge in [0, 0.05) is 57.1 Å². The van der Waals surface area contributed by atoms with Crippen LogP contribution < -0.4 is 0 Å². The Morgan fingerprint density at radius 3 is 2.36 bits per heavy atom. The molecule has 0 amide bonds. The summed E-state index contributed by atoms with van der Waals surface area (Å²) in [7, 11) is 0. The molecule has 4 aromatic carbocycles. The highest BCUT2D eigenvalue weighted by molar-refractivity contribution is 7.26. The molecule has 0 spiro atoms. The lowest BCUT2D eigenvalue weighted by atomic mass is 10.1. The fourth-order valence-electron chi connectivity index (χ4n) is 6.57. The third-order valence-electron chi connectivity index (χ3n) is 8.30. The monoisotopic (exact) mass is 520 g/mol. The number of nitrogens with zero attached hydrogens (tertiary/aromatic N) is 4. The van der Waals surface area contributed by atoms with Crippen LogP contribution in [-0.2, 0) is 13.0 Å². The van der Waals surface area contributed by atoms with Crippen molar-refractivity contribution in [2.75, 3.05) is 0 Å². The molecule has 0 atom stereocenters. The second-order valence-corrected chi connectivity index (χ2v) is 11.5. The van der Waals surface area contributed by atoms with Crippen molar-refractivity contribution in [3.63, 3.8) is 0 Å². The Hall–Kier alpha value is -4.61. The summed E-state index contributed by atoms with van der Waals surface area (Å²) in [6, 6.07) is 33.4. The minimum atomic E-state index is 1.02.